The van der Waals surface area contributed by atoms with Gasteiger partial charge in [0.15, 0.2) is 0 Å². The van der Waals surface area contributed by atoms with Gasteiger partial charge in [-0.2, -0.15) is 0 Å². The second-order valence-electron chi connectivity index (χ2n) is 5.95. The number of hydrogen-bond donors (Lipinski definition) is 1. The van der Waals surface area contributed by atoms with Crippen LogP contribution in [0.3, 0.4) is 0 Å². The Labute approximate surface area is 111 Å². The van der Waals surface area contributed by atoms with Crippen LogP contribution in [0.1, 0.15) is 57.8 Å². The lowest BCUT2D eigenvalue weighted by atomic mass is 9.85. The van der Waals surface area contributed by atoms with Crippen LogP contribution in [0.2, 0.25) is 0 Å². The fourth-order valence-corrected chi connectivity index (χ4v) is 3.36. The molecule has 0 amide bonds. The standard InChI is InChI=1S/C15H28O3/c1-17-13-8-5-9-14(10-13)18-11-15(16)12-6-3-2-4-7-12/h12-16H,2-11H2,1H3. The van der Waals surface area contributed by atoms with E-state index >= 15 is 0 Å². The zero-order valence-electron chi connectivity index (χ0n) is 11.6. The third-order valence-electron chi connectivity index (χ3n) is 4.61. The van der Waals surface area contributed by atoms with Crippen molar-refractivity contribution in [2.45, 2.75) is 76.1 Å². The molecule has 3 atom stereocenters. The molecule has 106 valence electrons. The van der Waals surface area contributed by atoms with Gasteiger partial charge in [-0.25, -0.2) is 0 Å². The summed E-state index contributed by atoms with van der Waals surface area (Å²) in [5, 5.41) is 10.2. The van der Waals surface area contributed by atoms with Gasteiger partial charge in [-0.15, -0.1) is 0 Å². The fourth-order valence-electron chi connectivity index (χ4n) is 3.36. The molecule has 0 aliphatic heterocycles. The number of methoxy groups -OCH3 is 1. The molecule has 0 heterocycles. The smallest absolute Gasteiger partial charge is 0.0801 e. The van der Waals surface area contributed by atoms with Gasteiger partial charge in [0, 0.05) is 7.11 Å². The molecule has 2 aliphatic rings. The summed E-state index contributed by atoms with van der Waals surface area (Å²) in [4.78, 5) is 0. The van der Waals surface area contributed by atoms with Gasteiger partial charge < -0.3 is 14.6 Å². The summed E-state index contributed by atoms with van der Waals surface area (Å²) < 4.78 is 11.3. The molecule has 3 heteroatoms. The summed E-state index contributed by atoms with van der Waals surface area (Å²) in [5.74, 6) is 0.473. The van der Waals surface area contributed by atoms with Crippen molar-refractivity contribution < 1.29 is 14.6 Å². The molecule has 0 saturated heterocycles. The Hall–Kier alpha value is -0.120. The van der Waals surface area contributed by atoms with Crippen molar-refractivity contribution >= 4 is 0 Å². The van der Waals surface area contributed by atoms with E-state index in [9.17, 15) is 5.11 Å². The zero-order chi connectivity index (χ0) is 12.8. The fraction of sp³-hybridized carbons (Fsp3) is 1.00. The van der Waals surface area contributed by atoms with E-state index in [1.165, 1.54) is 38.5 Å². The van der Waals surface area contributed by atoms with Crippen LogP contribution in [-0.4, -0.2) is 37.1 Å². The van der Waals surface area contributed by atoms with Gasteiger partial charge in [-0.3, -0.25) is 0 Å². The van der Waals surface area contributed by atoms with Gasteiger partial charge in [-0.05, 0) is 44.4 Å². The van der Waals surface area contributed by atoms with Crippen molar-refractivity contribution in [3.8, 4) is 0 Å². The summed E-state index contributed by atoms with van der Waals surface area (Å²) in [6.07, 6.45) is 11.1. The van der Waals surface area contributed by atoms with Gasteiger partial charge in [-0.1, -0.05) is 19.3 Å². The SMILES string of the molecule is COC1CCCC(OCC(O)C2CCCCC2)C1. The second-order valence-corrected chi connectivity index (χ2v) is 5.95. The van der Waals surface area contributed by atoms with Crippen molar-refractivity contribution in [3.63, 3.8) is 0 Å². The maximum absolute atomic E-state index is 10.2. The minimum Gasteiger partial charge on any atom is -0.390 e. The molecule has 3 nitrogen and oxygen atoms in total. The third-order valence-corrected chi connectivity index (χ3v) is 4.61. The highest BCUT2D eigenvalue weighted by Crippen LogP contribution is 2.28. The van der Waals surface area contributed by atoms with E-state index in [1.807, 2.05) is 0 Å². The molecular formula is C15H28O3. The molecule has 3 unspecified atom stereocenters. The largest absolute Gasteiger partial charge is 0.390 e. The highest BCUT2D eigenvalue weighted by molar-refractivity contribution is 4.76. The van der Waals surface area contributed by atoms with Crippen LogP contribution in [0, 0.1) is 5.92 Å². The average molecular weight is 256 g/mol. The summed E-state index contributed by atoms with van der Waals surface area (Å²) in [5.41, 5.74) is 0. The molecule has 0 aromatic carbocycles. The van der Waals surface area contributed by atoms with E-state index in [0.717, 1.165) is 19.3 Å². The first-order valence-corrected chi connectivity index (χ1v) is 7.62. The number of ether oxygens (including phenoxy) is 2. The molecule has 0 aromatic heterocycles. The summed E-state index contributed by atoms with van der Waals surface area (Å²) in [6, 6.07) is 0. The molecule has 0 bridgehead atoms. The van der Waals surface area contributed by atoms with E-state index < -0.39 is 0 Å². The first-order valence-electron chi connectivity index (χ1n) is 7.62. The zero-order valence-corrected chi connectivity index (χ0v) is 11.6. The Bertz CT molecular complexity index is 224. The van der Waals surface area contributed by atoms with Crippen LogP contribution in [0.15, 0.2) is 0 Å². The highest BCUT2D eigenvalue weighted by atomic mass is 16.5. The summed E-state index contributed by atoms with van der Waals surface area (Å²) in [6.45, 7) is 0.520. The predicted molar refractivity (Wildman–Crippen MR) is 71.6 cm³/mol. The highest BCUT2D eigenvalue weighted by Gasteiger charge is 2.26. The first kappa shape index (κ1) is 14.3. The number of rotatable bonds is 5. The van der Waals surface area contributed by atoms with Crippen molar-refractivity contribution in [2.24, 2.45) is 5.92 Å². The molecule has 2 rings (SSSR count). The van der Waals surface area contributed by atoms with Gasteiger partial charge in [0.1, 0.15) is 0 Å². The minimum absolute atomic E-state index is 0.256. The Balaban J connectivity index is 1.66. The van der Waals surface area contributed by atoms with Gasteiger partial charge in [0.05, 0.1) is 24.9 Å². The Morgan fingerprint density at radius 3 is 2.44 bits per heavy atom. The maximum atomic E-state index is 10.2. The normalized spacial score (nSPS) is 32.3. The van der Waals surface area contributed by atoms with Crippen LogP contribution < -0.4 is 0 Å². The summed E-state index contributed by atoms with van der Waals surface area (Å²) in [7, 11) is 1.78. The molecule has 0 aromatic rings. The van der Waals surface area contributed by atoms with E-state index in [-0.39, 0.29) is 6.10 Å². The van der Waals surface area contributed by atoms with Crippen LogP contribution in [-0.2, 0) is 9.47 Å². The lowest BCUT2D eigenvalue weighted by Crippen LogP contribution is -2.33. The molecule has 0 spiro atoms. The van der Waals surface area contributed by atoms with Crippen LogP contribution >= 0.6 is 0 Å². The first-order chi connectivity index (χ1) is 8.79. The number of hydrogen-bond acceptors (Lipinski definition) is 3. The van der Waals surface area contributed by atoms with Gasteiger partial charge >= 0.3 is 0 Å². The number of aliphatic hydroxyl groups excluding tert-OH is 1. The molecular weight excluding hydrogens is 228 g/mol. The van der Waals surface area contributed by atoms with E-state index in [1.54, 1.807) is 7.11 Å². The van der Waals surface area contributed by atoms with Crippen molar-refractivity contribution in [3.05, 3.63) is 0 Å². The van der Waals surface area contributed by atoms with Gasteiger partial charge in [0.25, 0.3) is 0 Å². The molecule has 18 heavy (non-hydrogen) atoms. The Morgan fingerprint density at radius 2 is 1.72 bits per heavy atom. The molecule has 2 saturated carbocycles. The van der Waals surface area contributed by atoms with Crippen LogP contribution in [0.25, 0.3) is 0 Å². The van der Waals surface area contributed by atoms with Gasteiger partial charge in [0.2, 0.25) is 0 Å². The van der Waals surface area contributed by atoms with Crippen molar-refractivity contribution in [2.75, 3.05) is 13.7 Å². The van der Waals surface area contributed by atoms with Crippen LogP contribution in [0.4, 0.5) is 0 Å². The molecule has 2 fully saturated rings. The summed E-state index contributed by atoms with van der Waals surface area (Å²) >= 11 is 0. The molecule has 2 aliphatic carbocycles. The quantitative estimate of drug-likeness (QED) is 0.822. The van der Waals surface area contributed by atoms with E-state index in [4.69, 9.17) is 9.47 Å². The Morgan fingerprint density at radius 1 is 1.00 bits per heavy atom. The predicted octanol–water partition coefficient (Wildman–Crippen LogP) is 2.90. The topological polar surface area (TPSA) is 38.7 Å². The maximum Gasteiger partial charge on any atom is 0.0801 e. The number of aliphatic hydroxyl groups is 1. The van der Waals surface area contributed by atoms with Crippen molar-refractivity contribution in [1.82, 2.24) is 0 Å². The van der Waals surface area contributed by atoms with Crippen molar-refractivity contribution in [1.29, 1.82) is 0 Å². The minimum atomic E-state index is -0.256. The van der Waals surface area contributed by atoms with E-state index in [0.29, 0.717) is 24.7 Å². The molecule has 0 radical (unpaired) electrons. The lowest BCUT2D eigenvalue weighted by molar-refractivity contribution is -0.0709. The second kappa shape index (κ2) is 7.46. The monoisotopic (exact) mass is 256 g/mol. The molecule has 1 N–H and O–H groups in total. The van der Waals surface area contributed by atoms with E-state index in [2.05, 4.69) is 0 Å². The third kappa shape index (κ3) is 4.22. The lowest BCUT2D eigenvalue weighted by Gasteiger charge is -2.31. The average Bonchev–Trinajstić information content (AvgIpc) is 2.46. The Kier molecular flexibility index (Phi) is 5.93. The van der Waals surface area contributed by atoms with Crippen LogP contribution in [0.5, 0.6) is 0 Å².